The minimum absolute atomic E-state index is 0.0264. The van der Waals surface area contributed by atoms with Crippen LogP contribution in [0.25, 0.3) is 0 Å². The monoisotopic (exact) mass is 502 g/mol. The van der Waals surface area contributed by atoms with E-state index < -0.39 is 0 Å². The van der Waals surface area contributed by atoms with Crippen molar-refractivity contribution in [2.24, 2.45) is 5.92 Å². The Morgan fingerprint density at radius 3 is 2.71 bits per heavy atom. The van der Waals surface area contributed by atoms with Crippen molar-refractivity contribution in [1.82, 2.24) is 20.8 Å². The SMILES string of the molecule is C[C@@H](OC1CCC2NNC(c3cnc(N4CC[C@@H]4CO)c(C#N)c3)C2C1)c1c(Cl)cncc1Cl. The van der Waals surface area contributed by atoms with Gasteiger partial charge in [0.15, 0.2) is 0 Å². The molecular formula is C24H28Cl2N6O2. The number of hydrogen-bond donors (Lipinski definition) is 3. The molecule has 4 unspecified atom stereocenters. The van der Waals surface area contributed by atoms with Crippen LogP contribution >= 0.6 is 23.2 Å². The molecule has 8 nitrogen and oxygen atoms in total. The molecule has 2 aromatic rings. The summed E-state index contributed by atoms with van der Waals surface area (Å²) in [6, 6.07) is 4.63. The molecule has 0 aromatic carbocycles. The third-order valence-electron chi connectivity index (χ3n) is 7.39. The smallest absolute Gasteiger partial charge is 0.146 e. The minimum Gasteiger partial charge on any atom is -0.394 e. The zero-order valence-electron chi connectivity index (χ0n) is 18.9. The molecule has 0 amide bonds. The predicted octanol–water partition coefficient (Wildman–Crippen LogP) is 3.69. The first-order valence-electron chi connectivity index (χ1n) is 11.7. The lowest BCUT2D eigenvalue weighted by molar-refractivity contribution is -0.0370. The third kappa shape index (κ3) is 4.37. The van der Waals surface area contributed by atoms with Crippen molar-refractivity contribution >= 4 is 29.0 Å². The number of hydrazine groups is 1. The topological polar surface area (TPSA) is 106 Å². The molecule has 2 aromatic heterocycles. The van der Waals surface area contributed by atoms with Crippen molar-refractivity contribution < 1.29 is 9.84 Å². The van der Waals surface area contributed by atoms with Gasteiger partial charge in [-0.25, -0.2) is 10.4 Å². The molecule has 0 spiro atoms. The van der Waals surface area contributed by atoms with E-state index in [0.717, 1.165) is 43.4 Å². The van der Waals surface area contributed by atoms with E-state index >= 15 is 0 Å². The highest BCUT2D eigenvalue weighted by atomic mass is 35.5. The van der Waals surface area contributed by atoms with E-state index in [-0.39, 0.29) is 30.9 Å². The first-order valence-corrected chi connectivity index (χ1v) is 12.5. The zero-order valence-corrected chi connectivity index (χ0v) is 20.4. The van der Waals surface area contributed by atoms with Crippen LogP contribution in [0.2, 0.25) is 10.0 Å². The van der Waals surface area contributed by atoms with Crippen LogP contribution in [0.5, 0.6) is 0 Å². The van der Waals surface area contributed by atoms with Crippen molar-refractivity contribution in [3.8, 4) is 6.07 Å². The number of fused-ring (bicyclic) bond motifs is 1. The average Bonchev–Trinajstić information content (AvgIpc) is 3.22. The number of aliphatic hydroxyl groups is 1. The largest absolute Gasteiger partial charge is 0.394 e. The van der Waals surface area contributed by atoms with E-state index in [1.54, 1.807) is 12.4 Å². The molecule has 2 saturated heterocycles. The van der Waals surface area contributed by atoms with Crippen LogP contribution in [-0.4, -0.2) is 46.4 Å². The minimum atomic E-state index is -0.243. The maximum absolute atomic E-state index is 9.78. The summed E-state index contributed by atoms with van der Waals surface area (Å²) in [4.78, 5) is 10.7. The van der Waals surface area contributed by atoms with E-state index in [0.29, 0.717) is 33.4 Å². The van der Waals surface area contributed by atoms with Crippen LogP contribution in [0.15, 0.2) is 24.7 Å². The maximum Gasteiger partial charge on any atom is 0.146 e. The van der Waals surface area contributed by atoms with Crippen molar-refractivity contribution in [3.63, 3.8) is 0 Å². The zero-order chi connectivity index (χ0) is 23.8. The number of halogens is 2. The lowest BCUT2D eigenvalue weighted by atomic mass is 9.78. The number of hydrogen-bond acceptors (Lipinski definition) is 8. The fourth-order valence-corrected chi connectivity index (χ4v) is 6.17. The van der Waals surface area contributed by atoms with Gasteiger partial charge in [0.25, 0.3) is 0 Å². The highest BCUT2D eigenvalue weighted by Crippen LogP contribution is 2.42. The fraction of sp³-hybridized carbons (Fsp3) is 0.542. The summed E-state index contributed by atoms with van der Waals surface area (Å²) in [6.07, 6.45) is 8.55. The van der Waals surface area contributed by atoms with Crippen LogP contribution < -0.4 is 15.8 Å². The Bertz CT molecular complexity index is 1070. The second-order valence-electron chi connectivity index (χ2n) is 9.34. The molecule has 4 heterocycles. The Morgan fingerprint density at radius 1 is 1.24 bits per heavy atom. The number of nitrogens with one attached hydrogen (secondary N) is 2. The van der Waals surface area contributed by atoms with Crippen LogP contribution in [0, 0.1) is 17.2 Å². The highest BCUT2D eigenvalue weighted by Gasteiger charge is 2.42. The molecule has 6 atom stereocenters. The number of aliphatic hydroxyl groups excluding tert-OH is 1. The van der Waals surface area contributed by atoms with Gasteiger partial charge in [-0.05, 0) is 50.2 Å². The van der Waals surface area contributed by atoms with Gasteiger partial charge in [0, 0.05) is 36.7 Å². The van der Waals surface area contributed by atoms with Gasteiger partial charge in [-0.2, -0.15) is 5.26 Å². The van der Waals surface area contributed by atoms with Gasteiger partial charge in [0.05, 0.1) is 46.5 Å². The number of aromatic nitrogens is 2. The number of pyridine rings is 2. The second kappa shape index (κ2) is 9.94. The number of rotatable bonds is 6. The highest BCUT2D eigenvalue weighted by molar-refractivity contribution is 6.35. The van der Waals surface area contributed by atoms with Gasteiger partial charge >= 0.3 is 0 Å². The molecule has 2 aliphatic heterocycles. The lowest BCUT2D eigenvalue weighted by Gasteiger charge is -2.41. The summed E-state index contributed by atoms with van der Waals surface area (Å²) in [5.74, 6) is 0.951. The van der Waals surface area contributed by atoms with Gasteiger partial charge in [-0.1, -0.05) is 23.2 Å². The van der Waals surface area contributed by atoms with Gasteiger partial charge in [0.2, 0.25) is 0 Å². The second-order valence-corrected chi connectivity index (χ2v) is 10.2. The Balaban J connectivity index is 1.31. The van der Waals surface area contributed by atoms with Crippen molar-refractivity contribution in [1.29, 1.82) is 5.26 Å². The normalized spacial score (nSPS) is 29.3. The van der Waals surface area contributed by atoms with Gasteiger partial charge in [-0.15, -0.1) is 0 Å². The molecule has 3 N–H and O–H groups in total. The average molecular weight is 503 g/mol. The first kappa shape index (κ1) is 23.7. The van der Waals surface area contributed by atoms with Gasteiger partial charge in [-0.3, -0.25) is 10.4 Å². The molecule has 180 valence electrons. The number of ether oxygens (including phenoxy) is 1. The summed E-state index contributed by atoms with van der Waals surface area (Å²) < 4.78 is 6.42. The molecule has 0 radical (unpaired) electrons. The van der Waals surface area contributed by atoms with E-state index in [9.17, 15) is 10.4 Å². The third-order valence-corrected chi connectivity index (χ3v) is 7.99. The number of nitrogens with zero attached hydrogens (tertiary/aromatic N) is 4. The Labute approximate surface area is 209 Å². The Hall–Kier alpha value is -1.99. The summed E-state index contributed by atoms with van der Waals surface area (Å²) in [5, 5.41) is 20.3. The summed E-state index contributed by atoms with van der Waals surface area (Å²) in [6.45, 7) is 2.85. The Kier molecular flexibility index (Phi) is 6.94. The lowest BCUT2D eigenvalue weighted by Crippen LogP contribution is -2.50. The van der Waals surface area contributed by atoms with Crippen molar-refractivity contribution in [3.05, 3.63) is 51.4 Å². The standard InChI is InChI=1S/C24H28Cl2N6O2/c1-13(22-19(25)10-28-11-20(22)26)34-17-2-3-21-18(7-17)23(31-30-21)15-6-14(8-27)24(29-9-15)32-5-4-16(32)12-33/h6,9-11,13,16-18,21,23,30-31,33H,2-5,7,12H2,1H3/t13-,16-,17?,18?,21?,23?/m1/s1. The van der Waals surface area contributed by atoms with E-state index in [1.807, 2.05) is 24.1 Å². The molecule has 10 heteroatoms. The van der Waals surface area contributed by atoms with Crippen LogP contribution in [0.4, 0.5) is 5.82 Å². The number of nitriles is 1. The molecule has 3 fully saturated rings. The maximum atomic E-state index is 9.78. The molecule has 1 aliphatic carbocycles. The number of anilines is 1. The molecule has 3 aliphatic rings. The fourth-order valence-electron chi connectivity index (χ4n) is 5.50. The van der Waals surface area contributed by atoms with E-state index in [4.69, 9.17) is 27.9 Å². The summed E-state index contributed by atoms with van der Waals surface area (Å²) >= 11 is 12.7. The molecule has 0 bridgehead atoms. The van der Waals surface area contributed by atoms with E-state index in [1.165, 1.54) is 0 Å². The van der Waals surface area contributed by atoms with Crippen LogP contribution in [-0.2, 0) is 4.74 Å². The molecular weight excluding hydrogens is 475 g/mol. The van der Waals surface area contributed by atoms with Crippen molar-refractivity contribution in [2.45, 2.75) is 62.9 Å². The molecule has 1 saturated carbocycles. The van der Waals surface area contributed by atoms with E-state index in [2.05, 4.69) is 26.9 Å². The van der Waals surface area contributed by atoms with Crippen molar-refractivity contribution in [2.75, 3.05) is 18.1 Å². The first-order chi connectivity index (χ1) is 16.5. The van der Waals surface area contributed by atoms with Gasteiger partial charge in [0.1, 0.15) is 11.9 Å². The van der Waals surface area contributed by atoms with Gasteiger partial charge < -0.3 is 14.7 Å². The quantitative estimate of drug-likeness (QED) is 0.548. The Morgan fingerprint density at radius 2 is 2.03 bits per heavy atom. The van der Waals surface area contributed by atoms with Crippen LogP contribution in [0.1, 0.15) is 61.4 Å². The predicted molar refractivity (Wildman–Crippen MR) is 129 cm³/mol. The van der Waals surface area contributed by atoms with Crippen LogP contribution in [0.3, 0.4) is 0 Å². The molecule has 34 heavy (non-hydrogen) atoms. The summed E-state index contributed by atoms with van der Waals surface area (Å²) in [5.41, 5.74) is 9.15. The summed E-state index contributed by atoms with van der Waals surface area (Å²) in [7, 11) is 0. The molecule has 5 rings (SSSR count).